The summed E-state index contributed by atoms with van der Waals surface area (Å²) in [5, 5.41) is 3.25. The Morgan fingerprint density at radius 2 is 1.97 bits per heavy atom. The summed E-state index contributed by atoms with van der Waals surface area (Å²) >= 11 is 7.33. The number of ether oxygens (including phenoxy) is 2. The second-order valence-corrected chi connectivity index (χ2v) is 9.91. The molecule has 0 unspecified atom stereocenters. The van der Waals surface area contributed by atoms with E-state index in [2.05, 4.69) is 5.32 Å². The van der Waals surface area contributed by atoms with Gasteiger partial charge in [0.1, 0.15) is 16.3 Å². The standard InChI is InChI=1S/C27H24ClN3O5S/c1-4-8-18-21(26(34)36-5-2)22(15-9-6-7-10-19(15)35-3)31-25(33)23(37-27(31)30-18)20-16-13-14(28)11-12-17(16)29-24(20)32/h6-7,9-13,22H,4-5,8H2,1-3H3,(H,29,32)/b23-20-/t22-/m1/s1. The van der Waals surface area contributed by atoms with Crippen LogP contribution in [0, 0.1) is 0 Å². The zero-order valence-electron chi connectivity index (χ0n) is 20.5. The lowest BCUT2D eigenvalue weighted by Crippen LogP contribution is -2.41. The molecule has 8 nitrogen and oxygen atoms in total. The number of hydrogen-bond acceptors (Lipinski definition) is 7. The number of nitrogens with one attached hydrogen (secondary N) is 1. The number of carbonyl (C=O) groups excluding carboxylic acids is 2. The number of carbonyl (C=O) groups is 2. The summed E-state index contributed by atoms with van der Waals surface area (Å²) < 4.78 is 12.7. The number of thiazole rings is 1. The van der Waals surface area contributed by atoms with Crippen molar-refractivity contribution in [1.29, 1.82) is 0 Å². The monoisotopic (exact) mass is 537 g/mol. The molecule has 0 saturated carbocycles. The second kappa shape index (κ2) is 9.99. The molecule has 190 valence electrons. The van der Waals surface area contributed by atoms with Gasteiger partial charge in [-0.3, -0.25) is 14.2 Å². The van der Waals surface area contributed by atoms with Crippen molar-refractivity contribution < 1.29 is 19.1 Å². The Bertz CT molecular complexity index is 1650. The van der Waals surface area contributed by atoms with Gasteiger partial charge in [-0.05, 0) is 37.6 Å². The van der Waals surface area contributed by atoms with Crippen LogP contribution >= 0.6 is 22.9 Å². The minimum absolute atomic E-state index is 0.173. The number of halogens is 1. The molecule has 1 aromatic heterocycles. The van der Waals surface area contributed by atoms with E-state index in [0.717, 1.165) is 17.8 Å². The Balaban J connectivity index is 1.87. The average Bonchev–Trinajstić information content (AvgIpc) is 3.38. The average molecular weight is 538 g/mol. The molecule has 3 heterocycles. The van der Waals surface area contributed by atoms with Crippen molar-refractivity contribution in [1.82, 2.24) is 4.57 Å². The largest absolute Gasteiger partial charge is 0.496 e. The number of rotatable bonds is 6. The summed E-state index contributed by atoms with van der Waals surface area (Å²) in [5.41, 5.74) is 2.39. The van der Waals surface area contributed by atoms with Gasteiger partial charge in [0.25, 0.3) is 11.5 Å². The maximum atomic E-state index is 14.1. The molecule has 1 atom stereocenters. The lowest BCUT2D eigenvalue weighted by atomic mass is 9.93. The van der Waals surface area contributed by atoms with Crippen LogP contribution in [-0.2, 0) is 14.3 Å². The highest BCUT2D eigenvalue weighted by Crippen LogP contribution is 2.37. The van der Waals surface area contributed by atoms with Crippen LogP contribution < -0.4 is 24.9 Å². The third-order valence-electron chi connectivity index (χ3n) is 6.25. The van der Waals surface area contributed by atoms with Crippen molar-refractivity contribution in [2.24, 2.45) is 4.99 Å². The Kier molecular flexibility index (Phi) is 6.74. The Morgan fingerprint density at radius 3 is 2.70 bits per heavy atom. The summed E-state index contributed by atoms with van der Waals surface area (Å²) in [6.45, 7) is 3.89. The topological polar surface area (TPSA) is 99.0 Å². The van der Waals surface area contributed by atoms with Crippen LogP contribution in [0.3, 0.4) is 0 Å². The number of anilines is 1. The van der Waals surface area contributed by atoms with Crippen molar-refractivity contribution in [3.05, 3.63) is 89.6 Å². The van der Waals surface area contributed by atoms with E-state index in [1.165, 1.54) is 11.7 Å². The molecule has 2 aliphatic heterocycles. The molecule has 0 saturated heterocycles. The molecule has 0 fully saturated rings. The molecular weight excluding hydrogens is 514 g/mol. The normalized spacial score (nSPS) is 17.6. The number of para-hydroxylation sites is 1. The van der Waals surface area contributed by atoms with Gasteiger partial charge in [-0.2, -0.15) is 0 Å². The Labute approximate surface area is 221 Å². The molecule has 3 aromatic rings. The number of methoxy groups -OCH3 is 1. The van der Waals surface area contributed by atoms with E-state index in [1.54, 1.807) is 31.2 Å². The van der Waals surface area contributed by atoms with E-state index >= 15 is 0 Å². The van der Waals surface area contributed by atoms with Crippen LogP contribution in [0.4, 0.5) is 5.69 Å². The van der Waals surface area contributed by atoms with E-state index in [4.69, 9.17) is 26.1 Å². The van der Waals surface area contributed by atoms with E-state index in [9.17, 15) is 14.4 Å². The van der Waals surface area contributed by atoms with E-state index in [1.807, 2.05) is 25.1 Å². The summed E-state index contributed by atoms with van der Waals surface area (Å²) in [6, 6.07) is 11.4. The van der Waals surface area contributed by atoms with E-state index in [-0.39, 0.29) is 22.3 Å². The SMILES string of the molecule is CCCC1=C(C(=O)OCC)[C@@H](c2ccccc2OC)n2c(s/c(=C3\C(=O)Nc4ccc(Cl)cc43)c2=O)=N1. The molecule has 5 rings (SSSR count). The second-order valence-electron chi connectivity index (χ2n) is 8.50. The zero-order valence-corrected chi connectivity index (χ0v) is 22.0. The maximum absolute atomic E-state index is 14.1. The van der Waals surface area contributed by atoms with Gasteiger partial charge in [-0.25, -0.2) is 9.79 Å². The highest BCUT2D eigenvalue weighted by atomic mass is 35.5. The molecule has 1 amide bonds. The smallest absolute Gasteiger partial charge is 0.338 e. The van der Waals surface area contributed by atoms with Gasteiger partial charge in [0.05, 0.1) is 30.6 Å². The predicted molar refractivity (Wildman–Crippen MR) is 142 cm³/mol. The first-order chi connectivity index (χ1) is 17.9. The Morgan fingerprint density at radius 1 is 1.19 bits per heavy atom. The number of aromatic nitrogens is 1. The van der Waals surface area contributed by atoms with Gasteiger partial charge in [0, 0.05) is 21.8 Å². The van der Waals surface area contributed by atoms with Crippen molar-refractivity contribution in [3.63, 3.8) is 0 Å². The highest BCUT2D eigenvalue weighted by molar-refractivity contribution is 7.07. The molecule has 1 N–H and O–H groups in total. The summed E-state index contributed by atoms with van der Waals surface area (Å²) in [7, 11) is 1.54. The number of fused-ring (bicyclic) bond motifs is 2. The molecule has 10 heteroatoms. The van der Waals surface area contributed by atoms with Crippen LogP contribution in [0.15, 0.2) is 63.5 Å². The minimum atomic E-state index is -0.842. The zero-order chi connectivity index (χ0) is 26.3. The number of allylic oxidation sites excluding steroid dienone is 1. The first-order valence-corrected chi connectivity index (χ1v) is 13.1. The molecule has 0 spiro atoms. The molecule has 2 aromatic carbocycles. The third kappa shape index (κ3) is 4.18. The number of benzene rings is 2. The van der Waals surface area contributed by atoms with Crippen molar-refractivity contribution >= 4 is 46.1 Å². The Hall–Kier alpha value is -3.69. The molecule has 37 heavy (non-hydrogen) atoms. The van der Waals surface area contributed by atoms with Crippen LogP contribution in [-0.4, -0.2) is 30.2 Å². The fourth-order valence-corrected chi connectivity index (χ4v) is 6.01. The summed E-state index contributed by atoms with van der Waals surface area (Å²) in [5.74, 6) is -0.421. The lowest BCUT2D eigenvalue weighted by Gasteiger charge is -2.26. The van der Waals surface area contributed by atoms with Gasteiger partial charge in [0.2, 0.25) is 0 Å². The van der Waals surface area contributed by atoms with Gasteiger partial charge in [0.15, 0.2) is 4.80 Å². The molecule has 0 radical (unpaired) electrons. The third-order valence-corrected chi connectivity index (χ3v) is 7.54. The molecule has 2 aliphatic rings. The van der Waals surface area contributed by atoms with Crippen molar-refractivity contribution in [2.45, 2.75) is 32.7 Å². The van der Waals surface area contributed by atoms with Crippen LogP contribution in [0.1, 0.15) is 43.9 Å². The van der Waals surface area contributed by atoms with Gasteiger partial charge < -0.3 is 14.8 Å². The predicted octanol–water partition coefficient (Wildman–Crippen LogP) is 3.56. The summed E-state index contributed by atoms with van der Waals surface area (Å²) in [6.07, 6.45) is 1.24. The fraction of sp³-hybridized carbons (Fsp3) is 0.259. The van der Waals surface area contributed by atoms with Crippen molar-refractivity contribution in [2.75, 3.05) is 19.0 Å². The maximum Gasteiger partial charge on any atom is 0.338 e. The summed E-state index contributed by atoms with van der Waals surface area (Å²) in [4.78, 5) is 45.6. The van der Waals surface area contributed by atoms with Crippen LogP contribution in [0.5, 0.6) is 5.75 Å². The molecular formula is C27H24ClN3O5S. The van der Waals surface area contributed by atoms with Gasteiger partial charge >= 0.3 is 5.97 Å². The van der Waals surface area contributed by atoms with Crippen LogP contribution in [0.2, 0.25) is 5.02 Å². The quantitative estimate of drug-likeness (QED) is 0.485. The van der Waals surface area contributed by atoms with Gasteiger partial charge in [-0.1, -0.05) is 54.5 Å². The van der Waals surface area contributed by atoms with Crippen LogP contribution in [0.25, 0.3) is 5.57 Å². The molecule has 0 bridgehead atoms. The number of nitrogens with zero attached hydrogens (tertiary/aromatic N) is 2. The van der Waals surface area contributed by atoms with E-state index in [0.29, 0.717) is 44.5 Å². The number of amides is 1. The lowest BCUT2D eigenvalue weighted by molar-refractivity contribution is -0.139. The fourth-order valence-electron chi connectivity index (χ4n) is 4.72. The highest BCUT2D eigenvalue weighted by Gasteiger charge is 2.37. The first-order valence-electron chi connectivity index (χ1n) is 11.9. The molecule has 0 aliphatic carbocycles. The van der Waals surface area contributed by atoms with E-state index < -0.39 is 23.5 Å². The van der Waals surface area contributed by atoms with Crippen molar-refractivity contribution in [3.8, 4) is 5.75 Å². The first kappa shape index (κ1) is 25.0. The number of hydrogen-bond donors (Lipinski definition) is 1. The number of esters is 1. The van der Waals surface area contributed by atoms with Gasteiger partial charge in [-0.15, -0.1) is 0 Å². The minimum Gasteiger partial charge on any atom is -0.496 e.